The van der Waals surface area contributed by atoms with Gasteiger partial charge in [-0.05, 0) is 43.9 Å². The number of aromatic nitrogens is 2. The topological polar surface area (TPSA) is 81.5 Å². The Balaban J connectivity index is 1.22. The number of Topliss-reactive ketones (excluding diaryl/α,β-unsaturated/α-hetero) is 1. The fourth-order valence-corrected chi connectivity index (χ4v) is 4.71. The van der Waals surface area contributed by atoms with Gasteiger partial charge in [0.15, 0.2) is 5.78 Å². The predicted molar refractivity (Wildman–Crippen MR) is 120 cm³/mol. The third-order valence-corrected chi connectivity index (χ3v) is 6.57. The minimum absolute atomic E-state index is 0.0700. The van der Waals surface area contributed by atoms with Gasteiger partial charge in [0, 0.05) is 24.9 Å². The lowest BCUT2D eigenvalue weighted by atomic mass is 9.85. The lowest BCUT2D eigenvalue weighted by Gasteiger charge is -2.37. The number of nitrogens with zero attached hydrogens (tertiary/aromatic N) is 3. The molecular weight excluding hydrogens is 406 g/mol. The van der Waals surface area contributed by atoms with E-state index in [1.165, 1.54) is 4.68 Å². The Morgan fingerprint density at radius 3 is 2.72 bits per heavy atom. The largest absolute Gasteiger partial charge is 0.489 e. The van der Waals surface area contributed by atoms with Crippen molar-refractivity contribution in [3.63, 3.8) is 0 Å². The number of ether oxygens (including phenoxy) is 1. The van der Waals surface area contributed by atoms with Crippen LogP contribution in [0.5, 0.6) is 5.75 Å². The molecule has 0 spiro atoms. The number of carbonyl (C=O) groups is 2. The molecular formula is C25H25N3O4. The Labute approximate surface area is 185 Å². The van der Waals surface area contributed by atoms with Crippen molar-refractivity contribution in [3.05, 3.63) is 70.1 Å². The number of aryl methyl sites for hydroxylation is 1. The van der Waals surface area contributed by atoms with Crippen molar-refractivity contribution in [1.29, 1.82) is 0 Å². The van der Waals surface area contributed by atoms with Gasteiger partial charge in [-0.2, -0.15) is 5.10 Å². The van der Waals surface area contributed by atoms with Crippen LogP contribution in [0.25, 0.3) is 10.8 Å². The second kappa shape index (κ2) is 8.22. The van der Waals surface area contributed by atoms with E-state index < -0.39 is 0 Å². The highest BCUT2D eigenvalue weighted by Crippen LogP contribution is 2.34. The fraction of sp³-hybridized carbons (Fsp3) is 0.360. The number of amides is 1. The van der Waals surface area contributed by atoms with Gasteiger partial charge in [0.05, 0.1) is 17.1 Å². The summed E-state index contributed by atoms with van der Waals surface area (Å²) < 4.78 is 7.40. The molecule has 2 aromatic carbocycles. The first-order valence-corrected chi connectivity index (χ1v) is 11.0. The van der Waals surface area contributed by atoms with Crippen LogP contribution >= 0.6 is 0 Å². The van der Waals surface area contributed by atoms with Crippen LogP contribution in [0.3, 0.4) is 0 Å². The average Bonchev–Trinajstić information content (AvgIpc) is 2.81. The van der Waals surface area contributed by atoms with Gasteiger partial charge in [0.1, 0.15) is 18.4 Å². The van der Waals surface area contributed by atoms with Gasteiger partial charge in [-0.15, -0.1) is 0 Å². The molecule has 0 N–H and O–H groups in total. The maximum absolute atomic E-state index is 12.8. The zero-order valence-corrected chi connectivity index (χ0v) is 18.0. The molecule has 1 amide bonds. The molecule has 2 aliphatic rings. The van der Waals surface area contributed by atoms with Gasteiger partial charge in [0.25, 0.3) is 5.56 Å². The van der Waals surface area contributed by atoms with Gasteiger partial charge in [-0.1, -0.05) is 29.8 Å². The van der Waals surface area contributed by atoms with Crippen LogP contribution in [0.15, 0.2) is 53.5 Å². The highest BCUT2D eigenvalue weighted by molar-refractivity contribution is 6.00. The SMILES string of the molecule is Cc1ccc2c(c1)C(=O)C[C@@H](C1CCN(C(=O)Cn3ncc4ccccc4c3=O)CC1)O2. The maximum Gasteiger partial charge on any atom is 0.275 e. The average molecular weight is 431 g/mol. The summed E-state index contributed by atoms with van der Waals surface area (Å²) in [6.07, 6.45) is 3.38. The summed E-state index contributed by atoms with van der Waals surface area (Å²) in [5.41, 5.74) is 1.46. The van der Waals surface area contributed by atoms with E-state index in [2.05, 4.69) is 5.10 Å². The summed E-state index contributed by atoms with van der Waals surface area (Å²) in [6, 6.07) is 13.0. The number of rotatable bonds is 3. The van der Waals surface area contributed by atoms with Gasteiger partial charge < -0.3 is 9.64 Å². The van der Waals surface area contributed by atoms with Crippen molar-refractivity contribution in [3.8, 4) is 5.75 Å². The summed E-state index contributed by atoms with van der Waals surface area (Å²) >= 11 is 0. The molecule has 3 heterocycles. The molecule has 0 bridgehead atoms. The van der Waals surface area contributed by atoms with Crippen molar-refractivity contribution < 1.29 is 14.3 Å². The van der Waals surface area contributed by atoms with Crippen molar-refractivity contribution >= 4 is 22.5 Å². The van der Waals surface area contributed by atoms with Crippen LogP contribution in [0.2, 0.25) is 0 Å². The number of benzene rings is 2. The first-order chi connectivity index (χ1) is 15.5. The third kappa shape index (κ3) is 3.79. The van der Waals surface area contributed by atoms with Gasteiger partial charge in [0.2, 0.25) is 5.91 Å². The number of hydrogen-bond acceptors (Lipinski definition) is 5. The number of piperidine rings is 1. The summed E-state index contributed by atoms with van der Waals surface area (Å²) in [5, 5.41) is 5.49. The molecule has 0 saturated carbocycles. The summed E-state index contributed by atoms with van der Waals surface area (Å²) in [6.45, 7) is 3.06. The second-order valence-electron chi connectivity index (χ2n) is 8.70. The van der Waals surface area contributed by atoms with E-state index in [1.54, 1.807) is 23.2 Å². The Morgan fingerprint density at radius 2 is 1.91 bits per heavy atom. The van der Waals surface area contributed by atoms with Crippen LogP contribution in [0.1, 0.15) is 35.2 Å². The normalized spacial score (nSPS) is 19.0. The van der Waals surface area contributed by atoms with E-state index in [4.69, 9.17) is 4.74 Å². The highest BCUT2D eigenvalue weighted by Gasteiger charge is 2.35. The first kappa shape index (κ1) is 20.4. The van der Waals surface area contributed by atoms with Crippen LogP contribution in [0.4, 0.5) is 0 Å². The molecule has 3 aromatic rings. The zero-order chi connectivity index (χ0) is 22.2. The van der Waals surface area contributed by atoms with E-state index in [1.807, 2.05) is 37.3 Å². The third-order valence-electron chi connectivity index (χ3n) is 6.57. The van der Waals surface area contributed by atoms with E-state index in [9.17, 15) is 14.4 Å². The Bertz CT molecular complexity index is 1260. The molecule has 1 atom stereocenters. The van der Waals surface area contributed by atoms with Crippen LogP contribution in [0, 0.1) is 12.8 Å². The lowest BCUT2D eigenvalue weighted by Crippen LogP contribution is -2.45. The zero-order valence-electron chi connectivity index (χ0n) is 18.0. The van der Waals surface area contributed by atoms with E-state index in [-0.39, 0.29) is 35.8 Å². The molecule has 32 heavy (non-hydrogen) atoms. The Kier molecular flexibility index (Phi) is 5.25. The predicted octanol–water partition coefficient (Wildman–Crippen LogP) is 2.98. The van der Waals surface area contributed by atoms with Gasteiger partial charge >= 0.3 is 0 Å². The summed E-state index contributed by atoms with van der Waals surface area (Å²) in [7, 11) is 0. The van der Waals surface area contributed by atoms with Crippen molar-refractivity contribution in [2.45, 2.75) is 38.8 Å². The lowest BCUT2D eigenvalue weighted by molar-refractivity contribution is -0.134. The monoisotopic (exact) mass is 431 g/mol. The van der Waals surface area contributed by atoms with Gasteiger partial charge in [-0.25, -0.2) is 4.68 Å². The minimum Gasteiger partial charge on any atom is -0.489 e. The molecule has 5 rings (SSSR count). The maximum atomic E-state index is 12.8. The number of likely N-dealkylation sites (tertiary alicyclic amines) is 1. The number of carbonyl (C=O) groups excluding carboxylic acids is 2. The molecule has 2 aliphatic heterocycles. The van der Waals surface area contributed by atoms with Crippen LogP contribution in [-0.2, 0) is 11.3 Å². The number of hydrogen-bond donors (Lipinski definition) is 0. The minimum atomic E-state index is -0.255. The first-order valence-electron chi connectivity index (χ1n) is 11.0. The van der Waals surface area contributed by atoms with Crippen molar-refractivity contribution in [2.24, 2.45) is 5.92 Å². The van der Waals surface area contributed by atoms with E-state index >= 15 is 0 Å². The molecule has 0 aliphatic carbocycles. The standard InChI is InChI=1S/C25H25N3O4/c1-16-6-7-22-20(12-16)21(29)13-23(32-22)17-8-10-27(11-9-17)24(30)15-28-25(31)19-5-3-2-4-18(19)14-26-28/h2-7,12,14,17,23H,8-11,13,15H2,1H3/t23-/m0/s1. The smallest absolute Gasteiger partial charge is 0.275 e. The molecule has 1 fully saturated rings. The summed E-state index contributed by atoms with van der Waals surface area (Å²) in [5.74, 6) is 0.895. The molecule has 7 nitrogen and oxygen atoms in total. The molecule has 1 aromatic heterocycles. The number of fused-ring (bicyclic) bond motifs is 2. The van der Waals surface area contributed by atoms with E-state index in [0.29, 0.717) is 36.2 Å². The van der Waals surface area contributed by atoms with Crippen molar-refractivity contribution in [1.82, 2.24) is 14.7 Å². The van der Waals surface area contributed by atoms with Crippen LogP contribution < -0.4 is 10.3 Å². The van der Waals surface area contributed by atoms with E-state index in [0.717, 1.165) is 23.8 Å². The molecule has 0 radical (unpaired) electrons. The van der Waals surface area contributed by atoms with Gasteiger partial charge in [-0.3, -0.25) is 14.4 Å². The Hall–Kier alpha value is -3.48. The van der Waals surface area contributed by atoms with Crippen molar-refractivity contribution in [2.75, 3.05) is 13.1 Å². The molecule has 164 valence electrons. The molecule has 1 saturated heterocycles. The number of ketones is 1. The summed E-state index contributed by atoms with van der Waals surface area (Å²) in [4.78, 5) is 39.9. The fourth-order valence-electron chi connectivity index (χ4n) is 4.71. The Morgan fingerprint density at radius 1 is 1.12 bits per heavy atom. The second-order valence-corrected chi connectivity index (χ2v) is 8.70. The molecule has 7 heteroatoms. The quantitative estimate of drug-likeness (QED) is 0.637. The van der Waals surface area contributed by atoms with Crippen LogP contribution in [-0.4, -0.2) is 45.6 Å². The highest BCUT2D eigenvalue weighted by atomic mass is 16.5. The molecule has 0 unspecified atom stereocenters.